The van der Waals surface area contributed by atoms with E-state index in [2.05, 4.69) is 20.6 Å². The molecule has 0 radical (unpaired) electrons. The summed E-state index contributed by atoms with van der Waals surface area (Å²) in [5, 5.41) is 11.5. The fourth-order valence-electron chi connectivity index (χ4n) is 2.93. The van der Waals surface area contributed by atoms with Gasteiger partial charge < -0.3 is 15.6 Å². The molecule has 4 rings (SSSR count). The zero-order valence-electron chi connectivity index (χ0n) is 17.3. The van der Waals surface area contributed by atoms with Gasteiger partial charge in [-0.15, -0.1) is 0 Å². The summed E-state index contributed by atoms with van der Waals surface area (Å²) in [6.07, 6.45) is -1.93. The number of benzene rings is 2. The lowest BCUT2D eigenvalue weighted by molar-refractivity contribution is -0.137. The Morgan fingerprint density at radius 1 is 1.03 bits per heavy atom. The quantitative estimate of drug-likeness (QED) is 0.318. The minimum absolute atomic E-state index is 0.567. The smallest absolute Gasteiger partial charge is 0.388 e. The van der Waals surface area contributed by atoms with Gasteiger partial charge in [-0.1, -0.05) is 12.1 Å². The Kier molecular flexibility index (Phi) is 7.46. The molecule has 2 aromatic heterocycles. The van der Waals surface area contributed by atoms with Gasteiger partial charge >= 0.3 is 6.18 Å². The van der Waals surface area contributed by atoms with E-state index < -0.39 is 22.7 Å². The first-order chi connectivity index (χ1) is 15.7. The summed E-state index contributed by atoms with van der Waals surface area (Å²) in [6.45, 7) is 0. The number of carbonyl (C=O) groups is 1. The number of anilines is 2. The van der Waals surface area contributed by atoms with Gasteiger partial charge in [-0.25, -0.2) is 14.3 Å². The number of hydrogen-bond acceptors (Lipinski definition) is 4. The number of carbonyl (C=O) groups excluding carboxylic acids is 1. The second kappa shape index (κ2) is 10.3. The number of alkyl halides is 3. The maximum Gasteiger partial charge on any atom is 0.416 e. The van der Waals surface area contributed by atoms with Crippen LogP contribution in [0.4, 0.5) is 24.5 Å². The molecular formula is C22H20F3N5O2S. The highest BCUT2D eigenvalue weighted by Gasteiger charge is 2.29. The first-order valence-corrected chi connectivity index (χ1v) is 10.7. The lowest BCUT2D eigenvalue weighted by atomic mass is 10.1. The van der Waals surface area contributed by atoms with Crippen molar-refractivity contribution in [3.63, 3.8) is 0 Å². The van der Waals surface area contributed by atoms with Gasteiger partial charge in [0.15, 0.2) is 0 Å². The van der Waals surface area contributed by atoms with Crippen LogP contribution in [-0.2, 0) is 22.0 Å². The fraction of sp³-hybridized carbons (Fsp3) is 0.0909. The van der Waals surface area contributed by atoms with Gasteiger partial charge in [0.05, 0.1) is 21.8 Å². The molecule has 2 aromatic carbocycles. The molecule has 0 aliphatic carbocycles. The van der Waals surface area contributed by atoms with Crippen LogP contribution in [0.1, 0.15) is 5.56 Å². The molecule has 33 heavy (non-hydrogen) atoms. The molecule has 11 heteroatoms. The van der Waals surface area contributed by atoms with Crippen molar-refractivity contribution >= 4 is 39.8 Å². The van der Waals surface area contributed by atoms with Crippen LogP contribution in [0.2, 0.25) is 0 Å². The zero-order valence-corrected chi connectivity index (χ0v) is 18.1. The molecule has 7 nitrogen and oxygen atoms in total. The lowest BCUT2D eigenvalue weighted by Gasteiger charge is -2.06. The van der Waals surface area contributed by atoms with E-state index in [9.17, 15) is 22.2 Å². The number of halogens is 3. The van der Waals surface area contributed by atoms with Crippen LogP contribution >= 0.6 is 0 Å². The van der Waals surface area contributed by atoms with Crippen molar-refractivity contribution < 1.29 is 22.2 Å². The minimum Gasteiger partial charge on any atom is -0.388 e. The molecule has 1 amide bonds. The Morgan fingerprint density at radius 3 is 2.24 bits per heavy atom. The molecule has 0 aliphatic heterocycles. The Balaban J connectivity index is 0.000000218. The molecule has 0 aliphatic rings. The highest BCUT2D eigenvalue weighted by Crippen LogP contribution is 2.29. The number of aromatic amines is 1. The zero-order chi connectivity index (χ0) is 24.0. The van der Waals surface area contributed by atoms with Crippen molar-refractivity contribution in [1.29, 1.82) is 0 Å². The van der Waals surface area contributed by atoms with Gasteiger partial charge in [0.25, 0.3) is 0 Å². The number of nitrogens with one attached hydrogen (secondary N) is 3. The van der Waals surface area contributed by atoms with Crippen LogP contribution in [0.3, 0.4) is 0 Å². The number of pyridine rings is 1. The summed E-state index contributed by atoms with van der Waals surface area (Å²) in [5.41, 5.74) is 3.09. The normalized spacial score (nSPS) is 11.9. The number of fused-ring (bicyclic) bond motifs is 1. The van der Waals surface area contributed by atoms with Gasteiger partial charge in [-0.2, -0.15) is 13.2 Å². The van der Waals surface area contributed by atoms with Gasteiger partial charge in [0, 0.05) is 29.9 Å². The summed E-state index contributed by atoms with van der Waals surface area (Å²) in [5.74, 6) is 0. The van der Waals surface area contributed by atoms with Crippen molar-refractivity contribution in [3.8, 4) is 11.3 Å². The molecule has 0 saturated heterocycles. The predicted molar refractivity (Wildman–Crippen MR) is 123 cm³/mol. The third kappa shape index (κ3) is 5.96. The molecule has 172 valence electrons. The Morgan fingerprint density at radius 2 is 1.70 bits per heavy atom. The SMILES string of the molecule is CNc1ccc(C(F)(F)F)cc1.NS(=O)c1ccc(-c2ccc3c(NC=O)c[nH]c3n2)cc1. The Labute approximate surface area is 189 Å². The van der Waals surface area contributed by atoms with E-state index in [1.54, 1.807) is 25.4 Å². The molecule has 4 aromatic rings. The van der Waals surface area contributed by atoms with Crippen LogP contribution in [0.25, 0.3) is 22.3 Å². The summed E-state index contributed by atoms with van der Waals surface area (Å²) >= 11 is 0. The van der Waals surface area contributed by atoms with Crippen molar-refractivity contribution in [3.05, 3.63) is 72.4 Å². The molecule has 0 saturated carbocycles. The van der Waals surface area contributed by atoms with E-state index in [4.69, 9.17) is 5.14 Å². The molecule has 0 bridgehead atoms. The van der Waals surface area contributed by atoms with Gasteiger partial charge in [-0.05, 0) is 48.5 Å². The van der Waals surface area contributed by atoms with Crippen LogP contribution < -0.4 is 15.8 Å². The second-order valence-corrected chi connectivity index (χ2v) is 7.77. The van der Waals surface area contributed by atoms with Gasteiger partial charge in [0.1, 0.15) is 16.6 Å². The topological polar surface area (TPSA) is 113 Å². The first kappa shape index (κ1) is 24.0. The summed E-state index contributed by atoms with van der Waals surface area (Å²) in [7, 11) is 0.173. The van der Waals surface area contributed by atoms with Gasteiger partial charge in [-0.3, -0.25) is 4.79 Å². The van der Waals surface area contributed by atoms with E-state index in [1.807, 2.05) is 24.3 Å². The predicted octanol–water partition coefficient (Wildman–Crippen LogP) is 4.53. The third-order valence-corrected chi connectivity index (χ3v) is 5.37. The standard InChI is InChI=1S/C14H12N4O2S.C8H8F3N/c15-21(20)10-3-1-9(2-4-10)12-6-5-11-13(17-8-19)7-16-14(11)18-12;1-12-7-4-2-6(3-5-7)8(9,10)11/h1-8H,15H2,(H,16,18)(H,17,19);2-5,12H,1H3. The average molecular weight is 475 g/mol. The highest BCUT2D eigenvalue weighted by atomic mass is 32.2. The van der Waals surface area contributed by atoms with E-state index in [0.29, 0.717) is 28.3 Å². The number of nitrogens with two attached hydrogens (primary N) is 1. The van der Waals surface area contributed by atoms with Crippen LogP contribution in [0.15, 0.2) is 71.8 Å². The van der Waals surface area contributed by atoms with E-state index in [-0.39, 0.29) is 0 Å². The van der Waals surface area contributed by atoms with Crippen molar-refractivity contribution in [1.82, 2.24) is 9.97 Å². The molecule has 1 atom stereocenters. The number of amides is 1. The summed E-state index contributed by atoms with van der Waals surface area (Å²) in [4.78, 5) is 18.6. The molecule has 0 fully saturated rings. The monoisotopic (exact) mass is 475 g/mol. The second-order valence-electron chi connectivity index (χ2n) is 6.70. The number of nitrogens with zero attached hydrogens (tertiary/aromatic N) is 1. The third-order valence-electron chi connectivity index (χ3n) is 4.64. The molecule has 1 unspecified atom stereocenters. The maximum atomic E-state index is 12.0. The van der Waals surface area contributed by atoms with E-state index >= 15 is 0 Å². The Hall–Kier alpha value is -3.70. The van der Waals surface area contributed by atoms with Crippen LogP contribution in [0.5, 0.6) is 0 Å². The largest absolute Gasteiger partial charge is 0.416 e. The first-order valence-electron chi connectivity index (χ1n) is 9.53. The van der Waals surface area contributed by atoms with Gasteiger partial charge in [0.2, 0.25) is 6.41 Å². The van der Waals surface area contributed by atoms with Crippen molar-refractivity contribution in [2.24, 2.45) is 5.14 Å². The molecular weight excluding hydrogens is 455 g/mol. The van der Waals surface area contributed by atoms with Crippen LogP contribution in [-0.4, -0.2) is 27.6 Å². The number of H-pyrrole nitrogens is 1. The summed E-state index contributed by atoms with van der Waals surface area (Å²) < 4.78 is 47.2. The molecule has 2 heterocycles. The van der Waals surface area contributed by atoms with Crippen molar-refractivity contribution in [2.75, 3.05) is 17.7 Å². The van der Waals surface area contributed by atoms with Crippen molar-refractivity contribution in [2.45, 2.75) is 11.1 Å². The fourth-order valence-corrected chi connectivity index (χ4v) is 3.34. The average Bonchev–Trinajstić information content (AvgIpc) is 3.21. The molecule has 5 N–H and O–H groups in total. The van der Waals surface area contributed by atoms with E-state index in [0.717, 1.165) is 28.8 Å². The number of rotatable bonds is 5. The molecule has 0 spiro atoms. The Bertz CT molecular complexity index is 1260. The maximum absolute atomic E-state index is 12.0. The summed E-state index contributed by atoms with van der Waals surface area (Å²) in [6, 6.07) is 15.7. The number of hydrogen-bond donors (Lipinski definition) is 4. The minimum atomic E-state index is -4.24. The lowest BCUT2D eigenvalue weighted by Crippen LogP contribution is -2.04. The number of aromatic nitrogens is 2. The van der Waals surface area contributed by atoms with E-state index in [1.165, 1.54) is 12.1 Å². The highest BCUT2D eigenvalue weighted by molar-refractivity contribution is 7.82. The van der Waals surface area contributed by atoms with Crippen LogP contribution in [0, 0.1) is 0 Å².